The second kappa shape index (κ2) is 8.08. The fourth-order valence-electron chi connectivity index (χ4n) is 4.15. The Morgan fingerprint density at radius 2 is 2.19 bits per heavy atom. The van der Waals surface area contributed by atoms with Gasteiger partial charge in [0.2, 0.25) is 0 Å². The highest BCUT2D eigenvalue weighted by Gasteiger charge is 2.34. The number of rotatable bonds is 5. The van der Waals surface area contributed by atoms with E-state index in [4.69, 9.17) is 0 Å². The van der Waals surface area contributed by atoms with Crippen LogP contribution in [0, 0.1) is 12.8 Å². The molecule has 1 aliphatic heterocycles. The Hall–Kier alpha value is -2.41. The lowest BCUT2D eigenvalue weighted by molar-refractivity contribution is 0.0587. The summed E-state index contributed by atoms with van der Waals surface area (Å²) in [6, 6.07) is 3.62. The average molecular weight is 371 g/mol. The molecule has 1 N–H and O–H groups in total. The van der Waals surface area contributed by atoms with E-state index in [0.29, 0.717) is 12.5 Å². The minimum atomic E-state index is -0.325. The van der Waals surface area contributed by atoms with E-state index in [9.17, 15) is 9.59 Å². The van der Waals surface area contributed by atoms with Crippen LogP contribution >= 0.6 is 0 Å². The molecule has 1 saturated heterocycles. The molecule has 0 spiro atoms. The molecule has 0 saturated carbocycles. The lowest BCUT2D eigenvalue weighted by Crippen LogP contribution is -2.44. The number of H-pyrrole nitrogens is 1. The van der Waals surface area contributed by atoms with Crippen LogP contribution in [0.5, 0.6) is 0 Å². The molecule has 0 bridgehead atoms. The fourth-order valence-corrected chi connectivity index (χ4v) is 4.15. The number of aromatic nitrogens is 3. The fraction of sp³-hybridized carbons (Fsp3) is 0.550. The van der Waals surface area contributed by atoms with Gasteiger partial charge in [-0.15, -0.1) is 0 Å². The molecular weight excluding hydrogens is 342 g/mol. The number of carbonyl (C=O) groups excluding carboxylic acids is 1. The Morgan fingerprint density at radius 3 is 2.81 bits per heavy atom. The number of aryl methyl sites for hydroxylation is 2. The van der Waals surface area contributed by atoms with Gasteiger partial charge in [0.1, 0.15) is 5.56 Å². The Morgan fingerprint density at radius 1 is 1.41 bits per heavy atom. The van der Waals surface area contributed by atoms with E-state index in [1.807, 2.05) is 17.9 Å². The standard InChI is InChI=1S/C20H29N5O2/c1-5-25-10-6-7-15(18(25)16-11-21-24(4)13-16)12-23(3)20(27)17-9-8-14(2)22-19(17)26/h8-9,11,13,15,18H,5-7,10,12H2,1-4H3,(H,22,26)/t15-,18+/m0/s1. The molecule has 3 rings (SSSR count). The Kier molecular flexibility index (Phi) is 5.79. The molecule has 0 aromatic carbocycles. The number of piperidine rings is 1. The normalized spacial score (nSPS) is 20.6. The SMILES string of the molecule is CCN1CCC[C@@H](CN(C)C(=O)c2ccc(C)[nH]c2=O)[C@@H]1c1cnn(C)c1. The third-order valence-electron chi connectivity index (χ3n) is 5.47. The number of nitrogens with zero attached hydrogens (tertiary/aromatic N) is 4. The largest absolute Gasteiger partial charge is 0.341 e. The highest BCUT2D eigenvalue weighted by atomic mass is 16.2. The van der Waals surface area contributed by atoms with E-state index in [2.05, 4.69) is 28.1 Å². The van der Waals surface area contributed by atoms with Crippen molar-refractivity contribution in [1.82, 2.24) is 24.6 Å². The molecule has 0 unspecified atom stereocenters. The summed E-state index contributed by atoms with van der Waals surface area (Å²) in [6.45, 7) is 6.61. The summed E-state index contributed by atoms with van der Waals surface area (Å²) >= 11 is 0. The van der Waals surface area contributed by atoms with E-state index in [0.717, 1.165) is 31.6 Å². The van der Waals surface area contributed by atoms with Crippen molar-refractivity contribution in [2.45, 2.75) is 32.7 Å². The van der Waals surface area contributed by atoms with Crippen molar-refractivity contribution < 1.29 is 4.79 Å². The smallest absolute Gasteiger partial charge is 0.260 e. The molecule has 27 heavy (non-hydrogen) atoms. The molecule has 2 aromatic rings. The highest BCUT2D eigenvalue weighted by Crippen LogP contribution is 2.36. The van der Waals surface area contributed by atoms with Crippen LogP contribution in [0.25, 0.3) is 0 Å². The number of likely N-dealkylation sites (tertiary alicyclic amines) is 1. The minimum Gasteiger partial charge on any atom is -0.341 e. The van der Waals surface area contributed by atoms with E-state index >= 15 is 0 Å². The van der Waals surface area contributed by atoms with Gasteiger partial charge in [0.25, 0.3) is 11.5 Å². The monoisotopic (exact) mass is 371 g/mol. The first-order valence-electron chi connectivity index (χ1n) is 9.58. The quantitative estimate of drug-likeness (QED) is 0.872. The van der Waals surface area contributed by atoms with Crippen LogP contribution in [0.1, 0.15) is 47.4 Å². The first-order valence-corrected chi connectivity index (χ1v) is 9.58. The number of hydrogen-bond acceptors (Lipinski definition) is 4. The van der Waals surface area contributed by atoms with Gasteiger partial charge >= 0.3 is 0 Å². The van der Waals surface area contributed by atoms with Crippen molar-refractivity contribution in [2.75, 3.05) is 26.7 Å². The van der Waals surface area contributed by atoms with Crippen LogP contribution in [-0.4, -0.2) is 57.2 Å². The summed E-state index contributed by atoms with van der Waals surface area (Å²) in [5.74, 6) is 0.0798. The number of carbonyl (C=O) groups is 1. The van der Waals surface area contributed by atoms with Gasteiger partial charge in [-0.3, -0.25) is 19.2 Å². The zero-order valence-electron chi connectivity index (χ0n) is 16.6. The van der Waals surface area contributed by atoms with Crippen molar-refractivity contribution in [1.29, 1.82) is 0 Å². The predicted molar refractivity (Wildman–Crippen MR) is 105 cm³/mol. The van der Waals surface area contributed by atoms with E-state index in [1.165, 1.54) is 5.56 Å². The Labute approximate surface area is 160 Å². The number of amides is 1. The summed E-state index contributed by atoms with van der Waals surface area (Å²) in [4.78, 5) is 31.8. The molecule has 3 heterocycles. The molecule has 1 amide bonds. The maximum Gasteiger partial charge on any atom is 0.260 e. The molecular formula is C20H29N5O2. The van der Waals surface area contributed by atoms with Gasteiger partial charge in [0, 0.05) is 44.1 Å². The third-order valence-corrected chi connectivity index (χ3v) is 5.47. The van der Waals surface area contributed by atoms with Crippen molar-refractivity contribution in [3.63, 3.8) is 0 Å². The van der Waals surface area contributed by atoms with Gasteiger partial charge in [0.15, 0.2) is 0 Å². The number of pyridine rings is 1. The van der Waals surface area contributed by atoms with Crippen LogP contribution in [0.4, 0.5) is 0 Å². The first-order chi connectivity index (χ1) is 12.9. The maximum absolute atomic E-state index is 12.8. The lowest BCUT2D eigenvalue weighted by atomic mass is 9.85. The van der Waals surface area contributed by atoms with Gasteiger partial charge in [-0.25, -0.2) is 0 Å². The zero-order valence-corrected chi connectivity index (χ0v) is 16.6. The molecule has 7 heteroatoms. The topological polar surface area (TPSA) is 74.2 Å². The van der Waals surface area contributed by atoms with Gasteiger partial charge < -0.3 is 9.88 Å². The second-order valence-electron chi connectivity index (χ2n) is 7.49. The third kappa shape index (κ3) is 4.13. The van der Waals surface area contributed by atoms with E-state index < -0.39 is 0 Å². The van der Waals surface area contributed by atoms with Gasteiger partial charge in [-0.2, -0.15) is 5.10 Å². The van der Waals surface area contributed by atoms with E-state index in [-0.39, 0.29) is 23.1 Å². The summed E-state index contributed by atoms with van der Waals surface area (Å²) < 4.78 is 1.83. The van der Waals surface area contributed by atoms with Crippen LogP contribution < -0.4 is 5.56 Å². The van der Waals surface area contributed by atoms with Crippen molar-refractivity contribution in [3.8, 4) is 0 Å². The number of nitrogens with one attached hydrogen (secondary N) is 1. The molecule has 1 aliphatic rings. The van der Waals surface area contributed by atoms with Gasteiger partial charge in [-0.1, -0.05) is 6.92 Å². The Bertz CT molecular complexity index is 856. The molecule has 2 atom stereocenters. The number of aromatic amines is 1. The summed E-state index contributed by atoms with van der Waals surface area (Å²) in [7, 11) is 3.71. The minimum absolute atomic E-state index is 0.198. The van der Waals surface area contributed by atoms with Crippen LogP contribution in [0.2, 0.25) is 0 Å². The molecule has 146 valence electrons. The lowest BCUT2D eigenvalue weighted by Gasteiger charge is -2.42. The van der Waals surface area contributed by atoms with Crippen LogP contribution in [0.3, 0.4) is 0 Å². The van der Waals surface area contributed by atoms with Crippen molar-refractivity contribution >= 4 is 5.91 Å². The van der Waals surface area contributed by atoms with Crippen LogP contribution in [0.15, 0.2) is 29.3 Å². The van der Waals surface area contributed by atoms with Crippen LogP contribution in [-0.2, 0) is 7.05 Å². The molecule has 0 radical (unpaired) electrons. The summed E-state index contributed by atoms with van der Waals surface area (Å²) in [5, 5.41) is 4.34. The average Bonchev–Trinajstić information content (AvgIpc) is 3.06. The van der Waals surface area contributed by atoms with Crippen molar-refractivity contribution in [2.24, 2.45) is 13.0 Å². The number of hydrogen-bond donors (Lipinski definition) is 1. The highest BCUT2D eigenvalue weighted by molar-refractivity contribution is 5.93. The second-order valence-corrected chi connectivity index (χ2v) is 7.49. The molecule has 0 aliphatic carbocycles. The zero-order chi connectivity index (χ0) is 19.6. The molecule has 7 nitrogen and oxygen atoms in total. The predicted octanol–water partition coefficient (Wildman–Crippen LogP) is 1.96. The summed E-state index contributed by atoms with van der Waals surface area (Å²) in [5.41, 5.74) is 1.82. The van der Waals surface area contributed by atoms with E-state index in [1.54, 1.807) is 31.0 Å². The first kappa shape index (κ1) is 19.4. The maximum atomic E-state index is 12.8. The van der Waals surface area contributed by atoms with Crippen molar-refractivity contribution in [3.05, 3.63) is 51.7 Å². The van der Waals surface area contributed by atoms with Gasteiger partial charge in [-0.05, 0) is 50.9 Å². The molecule has 1 fully saturated rings. The van der Waals surface area contributed by atoms with Gasteiger partial charge in [0.05, 0.1) is 6.20 Å². The Balaban J connectivity index is 1.80. The molecule has 2 aromatic heterocycles. The summed E-state index contributed by atoms with van der Waals surface area (Å²) in [6.07, 6.45) is 6.16.